The monoisotopic (exact) mass is 310 g/mol. The molecule has 23 heavy (non-hydrogen) atoms. The number of furan rings is 1. The Hall–Kier alpha value is -3.09. The first kappa shape index (κ1) is 14.8. The molecule has 0 spiro atoms. The average Bonchev–Trinajstić information content (AvgIpc) is 3.07. The van der Waals surface area contributed by atoms with Gasteiger partial charge in [0.05, 0.1) is 19.0 Å². The van der Waals surface area contributed by atoms with Crippen molar-refractivity contribution < 1.29 is 4.42 Å². The molecule has 2 heterocycles. The van der Waals surface area contributed by atoms with Gasteiger partial charge in [0.15, 0.2) is 5.82 Å². The lowest BCUT2D eigenvalue weighted by atomic mass is 10.2. The Labute approximate surface area is 134 Å². The van der Waals surface area contributed by atoms with Crippen molar-refractivity contribution in [3.05, 3.63) is 54.6 Å². The summed E-state index contributed by atoms with van der Waals surface area (Å²) in [7, 11) is 4.02. The van der Waals surface area contributed by atoms with E-state index in [4.69, 9.17) is 4.42 Å². The van der Waals surface area contributed by atoms with Crippen LogP contribution in [0.5, 0.6) is 0 Å². The Morgan fingerprint density at radius 1 is 1.13 bits per heavy atom. The van der Waals surface area contributed by atoms with E-state index in [0.29, 0.717) is 18.3 Å². The number of anilines is 4. The van der Waals surface area contributed by atoms with Crippen molar-refractivity contribution in [2.45, 2.75) is 6.54 Å². The second-order valence-corrected chi connectivity index (χ2v) is 5.16. The van der Waals surface area contributed by atoms with E-state index in [0.717, 1.165) is 17.1 Å². The standard InChI is InChI=1S/C16H18N6O/c1-22(2)13-7-5-12(6-8-13)19-15-11-18-21-16(20-15)17-10-14-4-3-9-23-14/h3-9,11H,10H2,1-2H3,(H2,17,19,20,21). The van der Waals surface area contributed by atoms with Gasteiger partial charge in [-0.05, 0) is 36.4 Å². The zero-order valence-corrected chi connectivity index (χ0v) is 13.0. The molecular weight excluding hydrogens is 292 g/mol. The van der Waals surface area contributed by atoms with Crippen LogP contribution in [0.2, 0.25) is 0 Å². The van der Waals surface area contributed by atoms with Crippen LogP contribution in [0, 0.1) is 0 Å². The van der Waals surface area contributed by atoms with Crippen LogP contribution < -0.4 is 15.5 Å². The number of nitrogens with zero attached hydrogens (tertiary/aromatic N) is 4. The van der Waals surface area contributed by atoms with Crippen molar-refractivity contribution in [1.29, 1.82) is 0 Å². The second-order valence-electron chi connectivity index (χ2n) is 5.16. The highest BCUT2D eigenvalue weighted by atomic mass is 16.3. The van der Waals surface area contributed by atoms with Gasteiger partial charge in [-0.2, -0.15) is 10.1 Å². The summed E-state index contributed by atoms with van der Waals surface area (Å²) in [5.41, 5.74) is 2.07. The fraction of sp³-hybridized carbons (Fsp3) is 0.188. The minimum Gasteiger partial charge on any atom is -0.467 e. The number of nitrogens with one attached hydrogen (secondary N) is 2. The number of benzene rings is 1. The molecule has 0 unspecified atom stereocenters. The van der Waals surface area contributed by atoms with Gasteiger partial charge >= 0.3 is 0 Å². The maximum Gasteiger partial charge on any atom is 0.245 e. The molecule has 0 saturated heterocycles. The smallest absolute Gasteiger partial charge is 0.245 e. The third-order valence-corrected chi connectivity index (χ3v) is 3.22. The highest BCUT2D eigenvalue weighted by Crippen LogP contribution is 2.19. The van der Waals surface area contributed by atoms with E-state index in [9.17, 15) is 0 Å². The fourth-order valence-electron chi connectivity index (χ4n) is 2.01. The predicted octanol–water partition coefficient (Wildman–Crippen LogP) is 2.89. The zero-order chi connectivity index (χ0) is 16.1. The molecule has 0 fully saturated rings. The first-order chi connectivity index (χ1) is 11.2. The lowest BCUT2D eigenvalue weighted by Crippen LogP contribution is -2.08. The van der Waals surface area contributed by atoms with E-state index >= 15 is 0 Å². The Balaban J connectivity index is 1.64. The lowest BCUT2D eigenvalue weighted by molar-refractivity contribution is 0.517. The van der Waals surface area contributed by atoms with E-state index in [-0.39, 0.29) is 0 Å². The summed E-state index contributed by atoms with van der Waals surface area (Å²) >= 11 is 0. The van der Waals surface area contributed by atoms with Gasteiger partial charge in [-0.1, -0.05) is 0 Å². The second kappa shape index (κ2) is 6.78. The average molecular weight is 310 g/mol. The molecule has 0 bridgehead atoms. The van der Waals surface area contributed by atoms with Crippen molar-refractivity contribution >= 4 is 23.1 Å². The SMILES string of the molecule is CN(C)c1ccc(Nc2cnnc(NCc3ccco3)n2)cc1. The van der Waals surface area contributed by atoms with Gasteiger partial charge in [0.25, 0.3) is 0 Å². The van der Waals surface area contributed by atoms with E-state index in [1.807, 2.05) is 55.4 Å². The molecule has 7 heteroatoms. The van der Waals surface area contributed by atoms with Crippen LogP contribution in [-0.4, -0.2) is 29.3 Å². The van der Waals surface area contributed by atoms with E-state index < -0.39 is 0 Å². The van der Waals surface area contributed by atoms with E-state index in [1.165, 1.54) is 0 Å². The molecule has 3 aromatic rings. The minimum absolute atomic E-state index is 0.441. The van der Waals surface area contributed by atoms with Crippen molar-refractivity contribution in [2.24, 2.45) is 0 Å². The number of hydrogen-bond donors (Lipinski definition) is 2. The van der Waals surface area contributed by atoms with Crippen molar-refractivity contribution in [3.63, 3.8) is 0 Å². The molecule has 118 valence electrons. The van der Waals surface area contributed by atoms with Crippen molar-refractivity contribution in [2.75, 3.05) is 29.6 Å². The van der Waals surface area contributed by atoms with Crippen LogP contribution in [-0.2, 0) is 6.54 Å². The largest absolute Gasteiger partial charge is 0.467 e. The van der Waals surface area contributed by atoms with E-state index in [2.05, 4.69) is 25.8 Å². The topological polar surface area (TPSA) is 79.1 Å². The summed E-state index contributed by atoms with van der Waals surface area (Å²) in [5.74, 6) is 1.88. The van der Waals surface area contributed by atoms with Gasteiger partial charge in [0, 0.05) is 25.5 Å². The quantitative estimate of drug-likeness (QED) is 0.724. The first-order valence-corrected chi connectivity index (χ1v) is 7.21. The summed E-state index contributed by atoms with van der Waals surface area (Å²) in [4.78, 5) is 6.43. The molecule has 0 atom stereocenters. The molecule has 3 rings (SSSR count). The van der Waals surface area contributed by atoms with Gasteiger partial charge in [0.1, 0.15) is 5.76 Å². The summed E-state index contributed by atoms with van der Waals surface area (Å²) in [6.45, 7) is 0.510. The van der Waals surface area contributed by atoms with Crippen LogP contribution in [0.1, 0.15) is 5.76 Å². The van der Waals surface area contributed by atoms with Crippen LogP contribution in [0.3, 0.4) is 0 Å². The molecule has 2 aromatic heterocycles. The molecular formula is C16H18N6O. The van der Waals surface area contributed by atoms with E-state index in [1.54, 1.807) is 12.5 Å². The lowest BCUT2D eigenvalue weighted by Gasteiger charge is -2.13. The highest BCUT2D eigenvalue weighted by molar-refractivity contribution is 5.60. The Bertz CT molecular complexity index is 740. The Morgan fingerprint density at radius 2 is 1.96 bits per heavy atom. The van der Waals surface area contributed by atoms with Crippen LogP contribution in [0.4, 0.5) is 23.1 Å². The highest BCUT2D eigenvalue weighted by Gasteiger charge is 2.03. The first-order valence-electron chi connectivity index (χ1n) is 7.21. The summed E-state index contributed by atoms with van der Waals surface area (Å²) in [5, 5.41) is 14.2. The van der Waals surface area contributed by atoms with Crippen LogP contribution >= 0.6 is 0 Å². The maximum atomic E-state index is 5.25. The molecule has 0 aliphatic carbocycles. The van der Waals surface area contributed by atoms with Crippen LogP contribution in [0.15, 0.2) is 53.3 Å². The van der Waals surface area contributed by atoms with Gasteiger partial charge in [-0.3, -0.25) is 0 Å². The fourth-order valence-corrected chi connectivity index (χ4v) is 2.01. The molecule has 2 N–H and O–H groups in total. The van der Waals surface area contributed by atoms with Gasteiger partial charge < -0.3 is 20.0 Å². The molecule has 0 radical (unpaired) electrons. The number of aromatic nitrogens is 3. The van der Waals surface area contributed by atoms with Gasteiger partial charge in [0.2, 0.25) is 5.95 Å². The third kappa shape index (κ3) is 3.97. The normalized spacial score (nSPS) is 10.3. The zero-order valence-electron chi connectivity index (χ0n) is 13.0. The molecule has 0 amide bonds. The molecule has 0 saturated carbocycles. The van der Waals surface area contributed by atoms with Gasteiger partial charge in [-0.15, -0.1) is 5.10 Å². The minimum atomic E-state index is 0.441. The number of rotatable bonds is 6. The summed E-state index contributed by atoms with van der Waals surface area (Å²) < 4.78 is 5.25. The van der Waals surface area contributed by atoms with Crippen molar-refractivity contribution in [3.8, 4) is 0 Å². The summed E-state index contributed by atoms with van der Waals surface area (Å²) in [6, 6.07) is 11.8. The van der Waals surface area contributed by atoms with Gasteiger partial charge in [-0.25, -0.2) is 0 Å². The van der Waals surface area contributed by atoms with Crippen molar-refractivity contribution in [1.82, 2.24) is 15.2 Å². The Morgan fingerprint density at radius 3 is 2.65 bits per heavy atom. The number of hydrogen-bond acceptors (Lipinski definition) is 7. The maximum absolute atomic E-state index is 5.25. The molecule has 1 aromatic carbocycles. The molecule has 0 aliphatic heterocycles. The molecule has 7 nitrogen and oxygen atoms in total. The third-order valence-electron chi connectivity index (χ3n) is 3.22. The predicted molar refractivity (Wildman–Crippen MR) is 89.9 cm³/mol. The van der Waals surface area contributed by atoms with Crippen LogP contribution in [0.25, 0.3) is 0 Å². The molecule has 0 aliphatic rings. The summed E-state index contributed by atoms with van der Waals surface area (Å²) in [6.07, 6.45) is 3.21. The Kier molecular flexibility index (Phi) is 4.37.